The molecule has 0 radical (unpaired) electrons. The van der Waals surface area contributed by atoms with Crippen molar-refractivity contribution in [3.05, 3.63) is 48.8 Å². The largest absolute Gasteiger partial charge is 0.471 e. The highest BCUT2D eigenvalue weighted by Gasteiger charge is 2.44. The van der Waals surface area contributed by atoms with Crippen molar-refractivity contribution in [2.75, 3.05) is 49.9 Å². The Bertz CT molecular complexity index is 1540. The van der Waals surface area contributed by atoms with Crippen LogP contribution in [0.25, 0.3) is 0 Å². The van der Waals surface area contributed by atoms with E-state index >= 15 is 0 Å². The molecule has 2 aliphatic rings. The van der Waals surface area contributed by atoms with Crippen molar-refractivity contribution in [1.82, 2.24) is 30.0 Å². The molecule has 0 bridgehead atoms. The van der Waals surface area contributed by atoms with Gasteiger partial charge in [-0.15, -0.1) is 0 Å². The van der Waals surface area contributed by atoms with Gasteiger partial charge in [-0.25, -0.2) is 19.6 Å². The van der Waals surface area contributed by atoms with Crippen LogP contribution in [0.5, 0.6) is 0 Å². The SMILES string of the molecule is CC(C)(C)OC(=O)N(CC(=O)Nc1ccccn1)C1CCN(C(=O)C(F)(F)F)CC1.CC(C)(C)OC(=O)N(CC(=O)Nc1ccccn1)C1CCNCC1. The van der Waals surface area contributed by atoms with Crippen molar-refractivity contribution in [2.45, 2.75) is 96.7 Å². The maximum Gasteiger partial charge on any atom is 0.471 e. The maximum atomic E-state index is 12.7. The first-order chi connectivity index (χ1) is 25.2. The second-order valence-corrected chi connectivity index (χ2v) is 14.7. The summed E-state index contributed by atoms with van der Waals surface area (Å²) in [5, 5.41) is 8.54. The summed E-state index contributed by atoms with van der Waals surface area (Å²) in [7, 11) is 0. The van der Waals surface area contributed by atoms with E-state index in [1.165, 1.54) is 16.0 Å². The van der Waals surface area contributed by atoms with Crippen LogP contribution >= 0.6 is 0 Å². The average molecular weight is 765 g/mol. The molecule has 2 aliphatic heterocycles. The lowest BCUT2D eigenvalue weighted by molar-refractivity contribution is -0.186. The van der Waals surface area contributed by atoms with Crippen molar-refractivity contribution in [3.8, 4) is 0 Å². The summed E-state index contributed by atoms with van der Waals surface area (Å²) in [6, 6.07) is 9.66. The third kappa shape index (κ3) is 15.2. The summed E-state index contributed by atoms with van der Waals surface area (Å²) in [6.45, 7) is 11.4. The van der Waals surface area contributed by atoms with Crippen molar-refractivity contribution in [1.29, 1.82) is 0 Å². The Morgan fingerprint density at radius 2 is 1.13 bits per heavy atom. The predicted molar refractivity (Wildman–Crippen MR) is 193 cm³/mol. The number of pyridine rings is 2. The summed E-state index contributed by atoms with van der Waals surface area (Å²) in [5.41, 5.74) is -1.42. The lowest BCUT2D eigenvalue weighted by Gasteiger charge is -2.38. The molecule has 5 amide bonds. The molecule has 0 unspecified atom stereocenters. The second kappa shape index (κ2) is 19.4. The first-order valence-electron chi connectivity index (χ1n) is 17.7. The number of hydrogen-bond acceptors (Lipinski definition) is 10. The van der Waals surface area contributed by atoms with Crippen LogP contribution in [0.1, 0.15) is 67.2 Å². The van der Waals surface area contributed by atoms with E-state index in [1.807, 2.05) is 20.8 Å². The topological polar surface area (TPSA) is 175 Å². The van der Waals surface area contributed by atoms with E-state index in [9.17, 15) is 37.1 Å². The van der Waals surface area contributed by atoms with Crippen molar-refractivity contribution >= 4 is 41.5 Å². The van der Waals surface area contributed by atoms with E-state index in [0.717, 1.165) is 25.9 Å². The monoisotopic (exact) mass is 764 g/mol. The standard InChI is InChI=1S/C19H25F3N4O4.C17H26N4O3/c1-18(2,3)30-17(29)26(12-15(27)24-14-6-4-5-9-23-14)13-7-10-25(11-8-13)16(28)19(20,21)22;1-17(2,3)24-16(23)21(13-7-10-18-11-8-13)12-15(22)20-14-6-4-5-9-19-14/h4-6,9,13H,7-8,10-12H2,1-3H3,(H,23,24,27);4-6,9,13,18H,7-8,10-12H2,1-3H3,(H,19,20,22). The van der Waals surface area contributed by atoms with Crippen LogP contribution < -0.4 is 16.0 Å². The lowest BCUT2D eigenvalue weighted by Crippen LogP contribution is -2.53. The van der Waals surface area contributed by atoms with Gasteiger partial charge < -0.3 is 30.3 Å². The van der Waals surface area contributed by atoms with Crippen molar-refractivity contribution in [3.63, 3.8) is 0 Å². The van der Waals surface area contributed by atoms with Crippen molar-refractivity contribution < 1.29 is 46.6 Å². The van der Waals surface area contributed by atoms with Gasteiger partial charge in [-0.3, -0.25) is 24.2 Å². The third-order valence-electron chi connectivity index (χ3n) is 7.93. The molecule has 3 N–H and O–H groups in total. The van der Waals surface area contributed by atoms with Crippen LogP contribution in [0.3, 0.4) is 0 Å². The number of carbonyl (C=O) groups is 5. The first kappa shape index (κ1) is 43.4. The van der Waals surface area contributed by atoms with Crippen LogP contribution in [-0.4, -0.2) is 123 Å². The van der Waals surface area contributed by atoms with E-state index in [1.54, 1.807) is 63.4 Å². The molecule has 0 aliphatic carbocycles. The van der Waals surface area contributed by atoms with Gasteiger partial charge in [-0.2, -0.15) is 13.2 Å². The van der Waals surface area contributed by atoms with E-state index < -0.39 is 47.4 Å². The fourth-order valence-electron chi connectivity index (χ4n) is 5.55. The molecule has 0 spiro atoms. The number of likely N-dealkylation sites (tertiary alicyclic amines) is 1. The van der Waals surface area contributed by atoms with Crippen LogP contribution in [0.2, 0.25) is 0 Å². The number of alkyl halides is 3. The Hall–Kier alpha value is -5.00. The minimum Gasteiger partial charge on any atom is -0.444 e. The molecule has 298 valence electrons. The molecule has 4 rings (SSSR count). The minimum atomic E-state index is -4.94. The van der Waals surface area contributed by atoms with Gasteiger partial charge >= 0.3 is 24.3 Å². The second-order valence-electron chi connectivity index (χ2n) is 14.7. The molecule has 0 atom stereocenters. The number of nitrogens with zero attached hydrogens (tertiary/aromatic N) is 5. The first-order valence-corrected chi connectivity index (χ1v) is 17.7. The van der Waals surface area contributed by atoms with Crippen LogP contribution in [0, 0.1) is 0 Å². The summed E-state index contributed by atoms with van der Waals surface area (Å²) < 4.78 is 48.8. The summed E-state index contributed by atoms with van der Waals surface area (Å²) in [5.74, 6) is -1.93. The molecular weight excluding hydrogens is 713 g/mol. The van der Waals surface area contributed by atoms with E-state index in [-0.39, 0.29) is 51.0 Å². The number of rotatable bonds is 8. The zero-order chi connectivity index (χ0) is 40.1. The Morgan fingerprint density at radius 1 is 0.722 bits per heavy atom. The average Bonchev–Trinajstić information content (AvgIpc) is 3.09. The number of anilines is 2. The number of amides is 5. The Morgan fingerprint density at radius 3 is 1.48 bits per heavy atom. The Labute approximate surface area is 313 Å². The highest BCUT2D eigenvalue weighted by Crippen LogP contribution is 2.25. The number of piperidine rings is 2. The molecule has 0 saturated carbocycles. The predicted octanol–water partition coefficient (Wildman–Crippen LogP) is 4.82. The van der Waals surface area contributed by atoms with Crippen LogP contribution in [0.15, 0.2) is 48.8 Å². The molecule has 2 saturated heterocycles. The van der Waals surface area contributed by atoms with Gasteiger partial charge in [0.2, 0.25) is 11.8 Å². The number of carbonyl (C=O) groups excluding carboxylic acids is 5. The normalized spacial score (nSPS) is 15.5. The quantitative estimate of drug-likeness (QED) is 0.338. The van der Waals surface area contributed by atoms with Gasteiger partial charge in [0.1, 0.15) is 35.9 Å². The molecule has 18 heteroatoms. The number of hydrogen-bond donors (Lipinski definition) is 3. The van der Waals surface area contributed by atoms with Gasteiger partial charge in [-0.05, 0) is 105 Å². The zero-order valence-electron chi connectivity index (χ0n) is 31.6. The molecule has 15 nitrogen and oxygen atoms in total. The van der Waals surface area contributed by atoms with Crippen molar-refractivity contribution in [2.24, 2.45) is 0 Å². The van der Waals surface area contributed by atoms with Gasteiger partial charge in [0, 0.05) is 37.6 Å². The van der Waals surface area contributed by atoms with E-state index in [0.29, 0.717) is 16.5 Å². The van der Waals surface area contributed by atoms with Crippen LogP contribution in [-0.2, 0) is 23.9 Å². The molecule has 2 aromatic heterocycles. The lowest BCUT2D eigenvalue weighted by atomic mass is 10.0. The molecule has 0 aromatic carbocycles. The minimum absolute atomic E-state index is 0.00409. The molecule has 54 heavy (non-hydrogen) atoms. The highest BCUT2D eigenvalue weighted by molar-refractivity contribution is 5.94. The molecule has 4 heterocycles. The number of nitrogens with one attached hydrogen (secondary N) is 3. The Balaban J connectivity index is 0.000000297. The van der Waals surface area contributed by atoms with Gasteiger partial charge in [0.15, 0.2) is 0 Å². The van der Waals surface area contributed by atoms with Gasteiger partial charge in [0.25, 0.3) is 0 Å². The highest BCUT2D eigenvalue weighted by atomic mass is 19.4. The van der Waals surface area contributed by atoms with Gasteiger partial charge in [-0.1, -0.05) is 12.1 Å². The van der Waals surface area contributed by atoms with E-state index in [4.69, 9.17) is 9.47 Å². The summed E-state index contributed by atoms with van der Waals surface area (Å²) in [4.78, 5) is 72.8. The Kier molecular flexibility index (Phi) is 15.6. The van der Waals surface area contributed by atoms with Gasteiger partial charge in [0.05, 0.1) is 0 Å². The zero-order valence-corrected chi connectivity index (χ0v) is 31.6. The summed E-state index contributed by atoms with van der Waals surface area (Å²) in [6.07, 6.45) is -1.25. The van der Waals surface area contributed by atoms with Crippen LogP contribution in [0.4, 0.5) is 34.4 Å². The maximum absolute atomic E-state index is 12.7. The fourth-order valence-corrected chi connectivity index (χ4v) is 5.55. The number of aromatic nitrogens is 2. The molecule has 2 fully saturated rings. The molecular formula is C36H51F3N8O7. The summed E-state index contributed by atoms with van der Waals surface area (Å²) >= 11 is 0. The van der Waals surface area contributed by atoms with E-state index in [2.05, 4.69) is 25.9 Å². The molecule has 2 aromatic rings. The smallest absolute Gasteiger partial charge is 0.444 e. The number of ether oxygens (including phenoxy) is 2. The fraction of sp³-hybridized carbons (Fsp3) is 0.583. The third-order valence-corrected chi connectivity index (χ3v) is 7.93. The number of halogens is 3.